The Kier molecular flexibility index (Phi) is 3.15. The summed E-state index contributed by atoms with van der Waals surface area (Å²) in [6, 6.07) is 1.46. The molecule has 1 fully saturated rings. The van der Waals surface area contributed by atoms with Crippen LogP contribution in [0, 0.1) is 0 Å². The molecular weight excluding hydrogens is 251 g/mol. The van der Waals surface area contributed by atoms with Crippen molar-refractivity contribution in [3.05, 3.63) is 21.9 Å². The number of halogens is 2. The Labute approximate surface area is 103 Å². The predicted octanol–water partition coefficient (Wildman–Crippen LogP) is 1.97. The van der Waals surface area contributed by atoms with Crippen LogP contribution in [0.1, 0.15) is 29.8 Å². The van der Waals surface area contributed by atoms with E-state index in [0.717, 1.165) is 19.3 Å². The highest BCUT2D eigenvalue weighted by molar-refractivity contribution is 6.41. The molecule has 1 heterocycles. The van der Waals surface area contributed by atoms with Crippen LogP contribution in [-0.2, 0) is 0 Å². The van der Waals surface area contributed by atoms with Gasteiger partial charge in [0.25, 0.3) is 5.91 Å². The van der Waals surface area contributed by atoms with E-state index in [0.29, 0.717) is 10.7 Å². The molecule has 0 aromatic carbocycles. The Hall–Kier alpha value is -0.710. The second-order valence-corrected chi connectivity index (χ2v) is 4.89. The first-order chi connectivity index (χ1) is 7.50. The smallest absolute Gasteiger partial charge is 0.267 e. The number of carbonyl (C=O) groups is 1. The van der Waals surface area contributed by atoms with Crippen molar-refractivity contribution in [1.29, 1.82) is 0 Å². The van der Waals surface area contributed by atoms with Crippen LogP contribution in [0.2, 0.25) is 10.2 Å². The average Bonchev–Trinajstić information content (AvgIpc) is 2.53. The molecule has 2 rings (SSSR count). The molecule has 0 bridgehead atoms. The van der Waals surface area contributed by atoms with E-state index in [4.69, 9.17) is 23.2 Å². The van der Waals surface area contributed by atoms with Crippen LogP contribution in [0.4, 0.5) is 0 Å². The van der Waals surface area contributed by atoms with Gasteiger partial charge in [0.1, 0.15) is 10.8 Å². The molecule has 1 amide bonds. The molecule has 4 nitrogen and oxygen atoms in total. The molecule has 1 aliphatic rings. The third kappa shape index (κ3) is 2.34. The summed E-state index contributed by atoms with van der Waals surface area (Å²) < 4.78 is 0. The largest absolute Gasteiger partial charge is 0.388 e. The fourth-order valence-electron chi connectivity index (χ4n) is 1.63. The van der Waals surface area contributed by atoms with Gasteiger partial charge in [-0.2, -0.15) is 0 Å². The van der Waals surface area contributed by atoms with Gasteiger partial charge in [-0.1, -0.05) is 23.2 Å². The van der Waals surface area contributed by atoms with Gasteiger partial charge in [-0.25, -0.2) is 0 Å². The molecule has 0 unspecified atom stereocenters. The fraction of sp³-hybridized carbons (Fsp3) is 0.500. The lowest BCUT2D eigenvalue weighted by Crippen LogP contribution is -2.47. The van der Waals surface area contributed by atoms with Crippen molar-refractivity contribution in [2.45, 2.75) is 24.9 Å². The Bertz CT molecular complexity index is 393. The molecule has 88 valence electrons. The molecule has 0 aliphatic heterocycles. The van der Waals surface area contributed by atoms with Crippen LogP contribution in [0.3, 0.4) is 0 Å². The maximum atomic E-state index is 11.6. The topological polar surface area (TPSA) is 65.1 Å². The van der Waals surface area contributed by atoms with Gasteiger partial charge < -0.3 is 15.4 Å². The summed E-state index contributed by atoms with van der Waals surface area (Å²) in [7, 11) is 0. The van der Waals surface area contributed by atoms with Crippen molar-refractivity contribution >= 4 is 29.1 Å². The van der Waals surface area contributed by atoms with Crippen molar-refractivity contribution in [3.8, 4) is 0 Å². The average molecular weight is 263 g/mol. The monoisotopic (exact) mass is 262 g/mol. The number of carbonyl (C=O) groups excluding carboxylic acids is 1. The van der Waals surface area contributed by atoms with Crippen LogP contribution in [0.15, 0.2) is 6.07 Å². The molecule has 1 saturated carbocycles. The number of rotatable bonds is 3. The molecule has 16 heavy (non-hydrogen) atoms. The number of amides is 1. The van der Waals surface area contributed by atoms with Crippen LogP contribution < -0.4 is 5.32 Å². The van der Waals surface area contributed by atoms with Gasteiger partial charge in [-0.15, -0.1) is 0 Å². The van der Waals surface area contributed by atoms with Crippen LogP contribution in [-0.4, -0.2) is 28.1 Å². The maximum Gasteiger partial charge on any atom is 0.267 e. The van der Waals surface area contributed by atoms with Gasteiger partial charge >= 0.3 is 0 Å². The molecule has 0 spiro atoms. The summed E-state index contributed by atoms with van der Waals surface area (Å²) >= 11 is 11.4. The van der Waals surface area contributed by atoms with Crippen molar-refractivity contribution in [2.75, 3.05) is 6.54 Å². The minimum Gasteiger partial charge on any atom is -0.388 e. The number of nitrogens with one attached hydrogen (secondary N) is 2. The summed E-state index contributed by atoms with van der Waals surface area (Å²) in [6.07, 6.45) is 2.48. The summed E-state index contributed by atoms with van der Waals surface area (Å²) in [6.45, 7) is 0.264. The zero-order valence-electron chi connectivity index (χ0n) is 8.52. The molecule has 1 aromatic rings. The molecule has 6 heteroatoms. The van der Waals surface area contributed by atoms with Gasteiger partial charge in [0.05, 0.1) is 10.6 Å². The van der Waals surface area contributed by atoms with Gasteiger partial charge in [0.2, 0.25) is 0 Å². The molecule has 1 aliphatic carbocycles. The van der Waals surface area contributed by atoms with Crippen molar-refractivity contribution in [1.82, 2.24) is 10.3 Å². The predicted molar refractivity (Wildman–Crippen MR) is 61.9 cm³/mol. The van der Waals surface area contributed by atoms with Gasteiger partial charge in [0.15, 0.2) is 0 Å². The third-order valence-corrected chi connectivity index (χ3v) is 3.52. The summed E-state index contributed by atoms with van der Waals surface area (Å²) in [4.78, 5) is 14.3. The third-order valence-electron chi connectivity index (χ3n) is 2.83. The van der Waals surface area contributed by atoms with Gasteiger partial charge in [0, 0.05) is 6.54 Å². The minimum atomic E-state index is -0.726. The lowest BCUT2D eigenvalue weighted by Gasteiger charge is -2.36. The van der Waals surface area contributed by atoms with E-state index in [9.17, 15) is 9.90 Å². The van der Waals surface area contributed by atoms with Crippen LogP contribution >= 0.6 is 23.2 Å². The second-order valence-electron chi connectivity index (χ2n) is 4.11. The molecule has 1 aromatic heterocycles. The van der Waals surface area contributed by atoms with E-state index in [2.05, 4.69) is 10.3 Å². The quantitative estimate of drug-likeness (QED) is 0.780. The standard InChI is InChI=1S/C10H12Cl2N2O2/c11-6-4-7(14-8(6)12)9(15)13-5-10(16)2-1-3-10/h4,14,16H,1-3,5H2,(H,13,15). The first kappa shape index (κ1) is 11.8. The van der Waals surface area contributed by atoms with Crippen molar-refractivity contribution in [3.63, 3.8) is 0 Å². The first-order valence-electron chi connectivity index (χ1n) is 5.05. The van der Waals surface area contributed by atoms with E-state index < -0.39 is 5.60 Å². The highest BCUT2D eigenvalue weighted by Crippen LogP contribution is 2.30. The first-order valence-corrected chi connectivity index (χ1v) is 5.80. The van der Waals surface area contributed by atoms with Crippen molar-refractivity contribution < 1.29 is 9.90 Å². The highest BCUT2D eigenvalue weighted by atomic mass is 35.5. The summed E-state index contributed by atoms with van der Waals surface area (Å²) in [5, 5.41) is 13.0. The maximum absolute atomic E-state index is 11.6. The van der Waals surface area contributed by atoms with E-state index >= 15 is 0 Å². The minimum absolute atomic E-state index is 0.245. The molecular formula is C10H12Cl2N2O2. The zero-order valence-corrected chi connectivity index (χ0v) is 10.0. The Morgan fingerprint density at radius 1 is 1.56 bits per heavy atom. The number of H-pyrrole nitrogens is 1. The summed E-state index contributed by atoms with van der Waals surface area (Å²) in [5.74, 6) is -0.311. The number of hydrogen-bond acceptors (Lipinski definition) is 2. The van der Waals surface area contributed by atoms with Crippen LogP contribution in [0.5, 0.6) is 0 Å². The summed E-state index contributed by atoms with van der Waals surface area (Å²) in [5.41, 5.74) is -0.423. The molecule has 0 atom stereocenters. The van der Waals surface area contributed by atoms with Crippen molar-refractivity contribution in [2.24, 2.45) is 0 Å². The Morgan fingerprint density at radius 3 is 2.69 bits per heavy atom. The fourth-order valence-corrected chi connectivity index (χ4v) is 1.94. The number of aromatic amines is 1. The highest BCUT2D eigenvalue weighted by Gasteiger charge is 2.34. The Balaban J connectivity index is 1.93. The van der Waals surface area contributed by atoms with E-state index in [-0.39, 0.29) is 17.6 Å². The lowest BCUT2D eigenvalue weighted by molar-refractivity contribution is -0.0300. The molecule has 0 saturated heterocycles. The number of aliphatic hydroxyl groups is 1. The zero-order chi connectivity index (χ0) is 11.8. The molecule has 0 radical (unpaired) electrons. The lowest BCUT2D eigenvalue weighted by atomic mass is 9.80. The van der Waals surface area contributed by atoms with Crippen LogP contribution in [0.25, 0.3) is 0 Å². The SMILES string of the molecule is O=C(NCC1(O)CCC1)c1cc(Cl)c(Cl)[nH]1. The second kappa shape index (κ2) is 4.28. The van der Waals surface area contributed by atoms with Gasteiger partial charge in [-0.05, 0) is 25.3 Å². The van der Waals surface area contributed by atoms with E-state index in [1.807, 2.05) is 0 Å². The number of hydrogen-bond donors (Lipinski definition) is 3. The number of aromatic nitrogens is 1. The Morgan fingerprint density at radius 2 is 2.25 bits per heavy atom. The van der Waals surface area contributed by atoms with Gasteiger partial charge in [-0.3, -0.25) is 4.79 Å². The van der Waals surface area contributed by atoms with E-state index in [1.165, 1.54) is 6.07 Å². The normalized spacial score (nSPS) is 17.9. The van der Waals surface area contributed by atoms with E-state index in [1.54, 1.807) is 0 Å². The molecule has 3 N–H and O–H groups in total.